The van der Waals surface area contributed by atoms with Crippen LogP contribution in [0.1, 0.15) is 6.92 Å². The Bertz CT molecular complexity index is 474. The topological polar surface area (TPSA) is 95.7 Å². The minimum absolute atomic E-state index is 0.0853. The first-order chi connectivity index (χ1) is 6.59. The summed E-state index contributed by atoms with van der Waals surface area (Å²) in [6.45, 7) is 1.39. The maximum Gasteiger partial charge on any atom is 0.342 e. The molecule has 0 atom stereocenters. The number of hydrogen-bond acceptors (Lipinski definition) is 5. The van der Waals surface area contributed by atoms with Crippen LogP contribution in [0.25, 0.3) is 0 Å². The molecule has 74 valence electrons. The average molecular weight is 213 g/mol. The molecule has 0 unspecified atom stereocenters. The molecule has 0 saturated heterocycles. The zero-order chi connectivity index (χ0) is 10.6. The van der Waals surface area contributed by atoms with Crippen molar-refractivity contribution in [3.63, 3.8) is 0 Å². The van der Waals surface area contributed by atoms with Crippen LogP contribution < -0.4 is 11.2 Å². The molecule has 0 bridgehead atoms. The molecular weight excluding hydrogens is 206 g/mol. The molecule has 0 aliphatic carbocycles. The van der Waals surface area contributed by atoms with E-state index >= 15 is 0 Å². The molecule has 1 rings (SSSR count). The first-order valence-corrected chi connectivity index (χ1v) is 4.50. The molecule has 0 amide bonds. The molecule has 0 aliphatic heterocycles. The van der Waals surface area contributed by atoms with Crippen LogP contribution in [0.2, 0.25) is 0 Å². The number of ketones is 1. The number of hydrogen-bond donors (Lipinski definition) is 2. The third-order valence-corrected chi connectivity index (χ3v) is 1.93. The van der Waals surface area contributed by atoms with Crippen molar-refractivity contribution in [2.24, 2.45) is 0 Å². The number of carbonyl (C=O) groups excluding carboxylic acids is 1. The van der Waals surface area contributed by atoms with E-state index in [0.717, 1.165) is 11.8 Å². The number of thioether (sulfide) groups is 1. The summed E-state index contributed by atoms with van der Waals surface area (Å²) < 4.78 is 0. The Hall–Kier alpha value is -1.63. The first-order valence-electron chi connectivity index (χ1n) is 3.62. The molecule has 0 spiro atoms. The van der Waals surface area contributed by atoms with E-state index in [9.17, 15) is 14.4 Å². The molecule has 1 aromatic rings. The molecule has 1 heterocycles. The van der Waals surface area contributed by atoms with E-state index in [1.165, 1.54) is 18.4 Å². The molecule has 0 aromatic carbocycles. The highest BCUT2D eigenvalue weighted by atomic mass is 32.2. The predicted octanol–water partition coefficient (Wildman–Crippen LogP) is -0.347. The van der Waals surface area contributed by atoms with E-state index in [-0.39, 0.29) is 10.8 Å². The SMILES string of the molecule is CC(=O)/C=C/Sc1n[nH]c(=O)[nH]c1=O. The van der Waals surface area contributed by atoms with Gasteiger partial charge in [-0.3, -0.25) is 14.6 Å². The molecule has 0 radical (unpaired) electrons. The smallest absolute Gasteiger partial charge is 0.295 e. The Morgan fingerprint density at radius 2 is 2.21 bits per heavy atom. The van der Waals surface area contributed by atoms with Crippen molar-refractivity contribution in [2.45, 2.75) is 11.9 Å². The van der Waals surface area contributed by atoms with Crippen molar-refractivity contribution < 1.29 is 4.79 Å². The van der Waals surface area contributed by atoms with Crippen molar-refractivity contribution in [2.75, 3.05) is 0 Å². The second kappa shape index (κ2) is 4.56. The summed E-state index contributed by atoms with van der Waals surface area (Å²) in [5.41, 5.74) is -1.23. The number of allylic oxidation sites excluding steroid dienone is 1. The fourth-order valence-corrected chi connectivity index (χ4v) is 1.26. The van der Waals surface area contributed by atoms with Crippen molar-refractivity contribution in [1.29, 1.82) is 0 Å². The zero-order valence-corrected chi connectivity index (χ0v) is 8.05. The van der Waals surface area contributed by atoms with Crippen LogP contribution in [0.5, 0.6) is 0 Å². The van der Waals surface area contributed by atoms with Crippen LogP contribution in [0.3, 0.4) is 0 Å². The highest BCUT2D eigenvalue weighted by Crippen LogP contribution is 2.09. The van der Waals surface area contributed by atoms with E-state index in [2.05, 4.69) is 10.2 Å². The minimum atomic E-state index is -0.658. The lowest BCUT2D eigenvalue weighted by Crippen LogP contribution is -2.24. The van der Waals surface area contributed by atoms with E-state index < -0.39 is 11.2 Å². The molecule has 7 heteroatoms. The highest BCUT2D eigenvalue weighted by Gasteiger charge is 1.99. The second-order valence-electron chi connectivity index (χ2n) is 2.34. The molecular formula is C7H7N3O3S. The van der Waals surface area contributed by atoms with Crippen molar-refractivity contribution >= 4 is 17.5 Å². The highest BCUT2D eigenvalue weighted by molar-refractivity contribution is 8.02. The van der Waals surface area contributed by atoms with Gasteiger partial charge in [0.2, 0.25) is 0 Å². The molecule has 14 heavy (non-hydrogen) atoms. The van der Waals surface area contributed by atoms with Gasteiger partial charge in [0, 0.05) is 0 Å². The number of H-pyrrole nitrogens is 2. The minimum Gasteiger partial charge on any atom is -0.295 e. The normalized spacial score (nSPS) is 10.6. The zero-order valence-electron chi connectivity index (χ0n) is 7.23. The summed E-state index contributed by atoms with van der Waals surface area (Å²) in [6, 6.07) is 0. The number of nitrogens with one attached hydrogen (secondary N) is 2. The number of aromatic nitrogens is 3. The number of nitrogens with zero attached hydrogens (tertiary/aromatic N) is 1. The molecule has 1 aromatic heterocycles. The monoisotopic (exact) mass is 213 g/mol. The van der Waals surface area contributed by atoms with Gasteiger partial charge >= 0.3 is 5.69 Å². The summed E-state index contributed by atoms with van der Waals surface area (Å²) in [7, 11) is 0. The lowest BCUT2D eigenvalue weighted by atomic mass is 10.5. The van der Waals surface area contributed by atoms with Gasteiger partial charge in [-0.2, -0.15) is 5.10 Å². The summed E-state index contributed by atoms with van der Waals surface area (Å²) in [5.74, 6) is -0.127. The Morgan fingerprint density at radius 3 is 2.79 bits per heavy atom. The van der Waals surface area contributed by atoms with Crippen LogP contribution in [0, 0.1) is 0 Å². The molecule has 0 saturated carbocycles. The summed E-state index contributed by atoms with van der Waals surface area (Å²) in [6.07, 6.45) is 1.30. The third-order valence-electron chi connectivity index (χ3n) is 1.16. The van der Waals surface area contributed by atoms with Gasteiger partial charge in [0.05, 0.1) is 0 Å². The van der Waals surface area contributed by atoms with Crippen LogP contribution in [-0.4, -0.2) is 21.0 Å². The Balaban J connectivity index is 2.83. The summed E-state index contributed by atoms with van der Waals surface area (Å²) in [5, 5.41) is 7.09. The van der Waals surface area contributed by atoms with Gasteiger partial charge < -0.3 is 0 Å². The Labute approximate surface area is 82.4 Å². The van der Waals surface area contributed by atoms with Crippen molar-refractivity contribution in [3.05, 3.63) is 32.3 Å². The summed E-state index contributed by atoms with van der Waals surface area (Å²) >= 11 is 0.958. The predicted molar refractivity (Wildman–Crippen MR) is 51.2 cm³/mol. The lowest BCUT2D eigenvalue weighted by molar-refractivity contribution is -0.112. The van der Waals surface area contributed by atoms with Gasteiger partial charge in [-0.05, 0) is 18.4 Å². The van der Waals surface area contributed by atoms with Crippen molar-refractivity contribution in [1.82, 2.24) is 15.2 Å². The number of carbonyl (C=O) groups is 1. The maximum absolute atomic E-state index is 11.0. The molecule has 6 nitrogen and oxygen atoms in total. The molecule has 0 fully saturated rings. The first kappa shape index (κ1) is 10.5. The fraction of sp³-hybridized carbons (Fsp3) is 0.143. The van der Waals surface area contributed by atoms with E-state index in [4.69, 9.17) is 0 Å². The van der Waals surface area contributed by atoms with E-state index in [1.807, 2.05) is 4.98 Å². The maximum atomic E-state index is 11.0. The summed E-state index contributed by atoms with van der Waals surface area (Å²) in [4.78, 5) is 34.1. The number of rotatable bonds is 3. The molecule has 2 N–H and O–H groups in total. The van der Waals surface area contributed by atoms with Crippen LogP contribution >= 0.6 is 11.8 Å². The second-order valence-corrected chi connectivity index (χ2v) is 3.24. The standard InChI is InChI=1S/C7H7N3O3S/c1-4(11)2-3-14-6-5(12)8-7(13)10-9-6/h2-3H,1H3,(H2,8,10,12,13)/b3-2+. The van der Waals surface area contributed by atoms with E-state index in [0.29, 0.717) is 0 Å². The Morgan fingerprint density at radius 1 is 1.50 bits per heavy atom. The van der Waals surface area contributed by atoms with Crippen LogP contribution in [-0.2, 0) is 4.79 Å². The Kier molecular flexibility index (Phi) is 3.41. The fourth-order valence-electron chi connectivity index (χ4n) is 0.611. The largest absolute Gasteiger partial charge is 0.342 e. The van der Waals surface area contributed by atoms with Gasteiger partial charge in [0.25, 0.3) is 5.56 Å². The van der Waals surface area contributed by atoms with Gasteiger partial charge in [-0.25, -0.2) is 9.89 Å². The van der Waals surface area contributed by atoms with Crippen LogP contribution in [0.4, 0.5) is 0 Å². The van der Waals surface area contributed by atoms with Crippen LogP contribution in [0.15, 0.2) is 26.1 Å². The third kappa shape index (κ3) is 3.02. The van der Waals surface area contributed by atoms with Crippen molar-refractivity contribution in [3.8, 4) is 0 Å². The lowest BCUT2D eigenvalue weighted by Gasteiger charge is -1.90. The van der Waals surface area contributed by atoms with Gasteiger partial charge in [-0.15, -0.1) is 0 Å². The van der Waals surface area contributed by atoms with E-state index in [1.54, 1.807) is 0 Å². The number of aromatic amines is 2. The van der Waals surface area contributed by atoms with Gasteiger partial charge in [0.15, 0.2) is 10.8 Å². The quantitative estimate of drug-likeness (QED) is 0.528. The molecule has 0 aliphatic rings. The van der Waals surface area contributed by atoms with Gasteiger partial charge in [0.1, 0.15) is 0 Å². The average Bonchev–Trinajstić information content (AvgIpc) is 2.08. The van der Waals surface area contributed by atoms with Gasteiger partial charge in [-0.1, -0.05) is 11.8 Å².